The van der Waals surface area contributed by atoms with Gasteiger partial charge in [-0.15, -0.1) is 0 Å². The minimum Gasteiger partial charge on any atom is -0.491 e. The Labute approximate surface area is 122 Å². The predicted molar refractivity (Wildman–Crippen MR) is 75.9 cm³/mol. The van der Waals surface area contributed by atoms with Crippen molar-refractivity contribution in [1.82, 2.24) is 5.32 Å². The smallest absolute Gasteiger partial charge is 0.331 e. The van der Waals surface area contributed by atoms with Crippen molar-refractivity contribution in [2.24, 2.45) is 0 Å². The van der Waals surface area contributed by atoms with Crippen LogP contribution in [0.5, 0.6) is 5.75 Å². The minimum atomic E-state index is -0.892. The Morgan fingerprint density at radius 3 is 2.48 bits per heavy atom. The highest BCUT2D eigenvalue weighted by Crippen LogP contribution is 2.17. The molecule has 0 saturated carbocycles. The van der Waals surface area contributed by atoms with Gasteiger partial charge in [-0.1, -0.05) is 6.07 Å². The molecule has 0 saturated heterocycles. The van der Waals surface area contributed by atoms with Crippen LogP contribution in [0.1, 0.15) is 13.8 Å². The van der Waals surface area contributed by atoms with Crippen LogP contribution in [0.15, 0.2) is 24.3 Å². The lowest BCUT2D eigenvalue weighted by Crippen LogP contribution is -2.44. The fourth-order valence-electron chi connectivity index (χ4n) is 1.60. The Hall–Kier alpha value is -2.57. The largest absolute Gasteiger partial charge is 0.491 e. The molecule has 0 aliphatic rings. The Morgan fingerprint density at radius 1 is 1.19 bits per heavy atom. The zero-order valence-electron chi connectivity index (χ0n) is 12.1. The molecule has 2 N–H and O–H groups in total. The first-order valence-electron chi connectivity index (χ1n) is 6.27. The van der Waals surface area contributed by atoms with Gasteiger partial charge in [-0.3, -0.25) is 9.59 Å². The van der Waals surface area contributed by atoms with Crippen LogP contribution in [-0.2, 0) is 19.1 Å². The van der Waals surface area contributed by atoms with E-state index in [2.05, 4.69) is 15.4 Å². The molecule has 7 nitrogen and oxygen atoms in total. The van der Waals surface area contributed by atoms with Crippen LogP contribution in [0.3, 0.4) is 0 Å². The van der Waals surface area contributed by atoms with Gasteiger partial charge in [0.15, 0.2) is 6.04 Å². The number of methoxy groups -OCH3 is 1. The maximum Gasteiger partial charge on any atom is 0.331 e. The molecule has 0 aliphatic carbocycles. The highest BCUT2D eigenvalue weighted by atomic mass is 16.5. The van der Waals surface area contributed by atoms with Crippen molar-refractivity contribution < 1.29 is 23.9 Å². The number of nitrogens with one attached hydrogen (secondary N) is 2. The molecular formula is C14H18N2O5. The summed E-state index contributed by atoms with van der Waals surface area (Å²) in [7, 11) is 1.23. The standard InChI is InChI=1S/C14H18N2O5/c1-9(17)15-11-5-4-6-12(7-11)21-8-13(14(19)20-3)16-10(2)18/h4-7,13H,8H2,1-3H3,(H,15,17)(H,16,18). The van der Waals surface area contributed by atoms with Crippen molar-refractivity contribution in [1.29, 1.82) is 0 Å². The maximum atomic E-state index is 11.5. The van der Waals surface area contributed by atoms with Gasteiger partial charge in [0.25, 0.3) is 0 Å². The topological polar surface area (TPSA) is 93.7 Å². The lowest BCUT2D eigenvalue weighted by atomic mass is 10.3. The summed E-state index contributed by atoms with van der Waals surface area (Å²) >= 11 is 0. The third kappa shape index (κ3) is 5.94. The van der Waals surface area contributed by atoms with E-state index in [-0.39, 0.29) is 18.4 Å². The molecule has 1 atom stereocenters. The van der Waals surface area contributed by atoms with E-state index in [1.54, 1.807) is 24.3 Å². The first kappa shape index (κ1) is 16.5. The molecular weight excluding hydrogens is 276 g/mol. The Morgan fingerprint density at radius 2 is 1.90 bits per heavy atom. The minimum absolute atomic E-state index is 0.0736. The van der Waals surface area contributed by atoms with E-state index in [0.29, 0.717) is 11.4 Å². The Balaban J connectivity index is 2.68. The first-order chi connectivity index (χ1) is 9.92. The second-order valence-corrected chi connectivity index (χ2v) is 4.30. The maximum absolute atomic E-state index is 11.5. The summed E-state index contributed by atoms with van der Waals surface area (Å²) in [5.41, 5.74) is 0.578. The number of esters is 1. The number of hydrogen-bond donors (Lipinski definition) is 2. The summed E-state index contributed by atoms with van der Waals surface area (Å²) in [4.78, 5) is 33.5. The quantitative estimate of drug-likeness (QED) is 0.753. The lowest BCUT2D eigenvalue weighted by Gasteiger charge is -2.16. The fraction of sp³-hybridized carbons (Fsp3) is 0.357. The van der Waals surface area contributed by atoms with Gasteiger partial charge < -0.3 is 20.1 Å². The zero-order valence-corrected chi connectivity index (χ0v) is 12.1. The van der Waals surface area contributed by atoms with Crippen molar-refractivity contribution in [2.45, 2.75) is 19.9 Å². The van der Waals surface area contributed by atoms with Crippen molar-refractivity contribution in [3.05, 3.63) is 24.3 Å². The molecule has 0 aromatic heterocycles. The first-order valence-corrected chi connectivity index (χ1v) is 6.27. The van der Waals surface area contributed by atoms with E-state index < -0.39 is 12.0 Å². The average Bonchev–Trinajstić information content (AvgIpc) is 2.42. The fourth-order valence-corrected chi connectivity index (χ4v) is 1.60. The molecule has 1 unspecified atom stereocenters. The lowest BCUT2D eigenvalue weighted by molar-refractivity contribution is -0.145. The van der Waals surface area contributed by atoms with E-state index in [0.717, 1.165) is 0 Å². The van der Waals surface area contributed by atoms with Gasteiger partial charge in [0.2, 0.25) is 11.8 Å². The van der Waals surface area contributed by atoms with Crippen molar-refractivity contribution in [2.75, 3.05) is 19.0 Å². The van der Waals surface area contributed by atoms with Crippen molar-refractivity contribution >= 4 is 23.5 Å². The van der Waals surface area contributed by atoms with Gasteiger partial charge in [0.1, 0.15) is 12.4 Å². The van der Waals surface area contributed by atoms with Crippen LogP contribution < -0.4 is 15.4 Å². The van der Waals surface area contributed by atoms with E-state index in [1.165, 1.54) is 21.0 Å². The number of ether oxygens (including phenoxy) is 2. The van der Waals surface area contributed by atoms with Gasteiger partial charge in [0, 0.05) is 25.6 Å². The van der Waals surface area contributed by atoms with E-state index >= 15 is 0 Å². The molecule has 1 aromatic rings. The molecule has 21 heavy (non-hydrogen) atoms. The number of rotatable bonds is 6. The molecule has 0 spiro atoms. The Kier molecular flexibility index (Phi) is 6.19. The van der Waals surface area contributed by atoms with Gasteiger partial charge in [-0.05, 0) is 12.1 Å². The molecule has 1 rings (SSSR count). The molecule has 7 heteroatoms. The Bertz CT molecular complexity index is 530. The molecule has 0 radical (unpaired) electrons. The zero-order chi connectivity index (χ0) is 15.8. The SMILES string of the molecule is COC(=O)C(COc1cccc(NC(C)=O)c1)NC(C)=O. The number of anilines is 1. The molecule has 2 amide bonds. The summed E-state index contributed by atoms with van der Waals surface area (Å²) in [6.07, 6.45) is 0. The van der Waals surface area contributed by atoms with Crippen LogP contribution in [0.2, 0.25) is 0 Å². The molecule has 0 aliphatic heterocycles. The summed E-state index contributed by atoms with van der Waals surface area (Å²) in [6.45, 7) is 2.63. The highest BCUT2D eigenvalue weighted by molar-refractivity contribution is 5.88. The summed E-state index contributed by atoms with van der Waals surface area (Å²) in [5, 5.41) is 5.06. The third-order valence-corrected chi connectivity index (χ3v) is 2.43. The third-order valence-electron chi connectivity index (χ3n) is 2.43. The van der Waals surface area contributed by atoms with E-state index in [4.69, 9.17) is 4.74 Å². The molecule has 0 fully saturated rings. The van der Waals surface area contributed by atoms with Crippen molar-refractivity contribution in [3.63, 3.8) is 0 Å². The monoisotopic (exact) mass is 294 g/mol. The summed E-state index contributed by atoms with van der Waals surface area (Å²) < 4.78 is 10.0. The number of carbonyl (C=O) groups excluding carboxylic acids is 3. The van der Waals surface area contributed by atoms with Crippen LogP contribution in [0, 0.1) is 0 Å². The molecule has 114 valence electrons. The number of amides is 2. The van der Waals surface area contributed by atoms with Gasteiger partial charge in [-0.2, -0.15) is 0 Å². The molecule has 1 aromatic carbocycles. The molecule has 0 bridgehead atoms. The average molecular weight is 294 g/mol. The number of benzene rings is 1. The van der Waals surface area contributed by atoms with Gasteiger partial charge in [-0.25, -0.2) is 4.79 Å². The predicted octanol–water partition coefficient (Wildman–Crippen LogP) is 0.701. The second kappa shape index (κ2) is 7.88. The second-order valence-electron chi connectivity index (χ2n) is 4.30. The van der Waals surface area contributed by atoms with Crippen LogP contribution in [-0.4, -0.2) is 37.5 Å². The van der Waals surface area contributed by atoms with E-state index in [1.807, 2.05) is 0 Å². The van der Waals surface area contributed by atoms with Crippen LogP contribution in [0.25, 0.3) is 0 Å². The highest BCUT2D eigenvalue weighted by Gasteiger charge is 2.20. The normalized spacial score (nSPS) is 11.2. The van der Waals surface area contributed by atoms with Crippen molar-refractivity contribution in [3.8, 4) is 5.75 Å². The van der Waals surface area contributed by atoms with Gasteiger partial charge >= 0.3 is 5.97 Å². The molecule has 0 heterocycles. The van der Waals surface area contributed by atoms with Crippen LogP contribution in [0.4, 0.5) is 5.69 Å². The number of hydrogen-bond acceptors (Lipinski definition) is 5. The number of carbonyl (C=O) groups is 3. The van der Waals surface area contributed by atoms with Crippen LogP contribution >= 0.6 is 0 Å². The summed E-state index contributed by atoms with van der Waals surface area (Å²) in [5.74, 6) is -0.692. The van der Waals surface area contributed by atoms with Gasteiger partial charge in [0.05, 0.1) is 7.11 Å². The van der Waals surface area contributed by atoms with E-state index in [9.17, 15) is 14.4 Å². The summed E-state index contributed by atoms with van der Waals surface area (Å²) in [6, 6.07) is 5.81.